The topological polar surface area (TPSA) is 107 Å². The zero-order valence-electron chi connectivity index (χ0n) is 10.7. The van der Waals surface area contributed by atoms with E-state index in [1.165, 1.54) is 17.0 Å². The van der Waals surface area contributed by atoms with Gasteiger partial charge in [0.15, 0.2) is 0 Å². The molecule has 1 heterocycles. The molecule has 1 atom stereocenters. The van der Waals surface area contributed by atoms with Gasteiger partial charge in [0, 0.05) is 37.5 Å². The molecule has 0 spiro atoms. The molecule has 20 heavy (non-hydrogen) atoms. The first-order chi connectivity index (χ1) is 9.52. The van der Waals surface area contributed by atoms with Crippen LogP contribution in [0.3, 0.4) is 0 Å². The first kappa shape index (κ1) is 14.1. The average Bonchev–Trinajstić information content (AvgIpc) is 2.46. The third-order valence-corrected chi connectivity index (χ3v) is 3.36. The van der Waals surface area contributed by atoms with Crippen molar-refractivity contribution in [2.24, 2.45) is 0 Å². The van der Waals surface area contributed by atoms with Gasteiger partial charge in [-0.1, -0.05) is 0 Å². The largest absolute Gasteiger partial charge is 0.465 e. The van der Waals surface area contributed by atoms with Crippen molar-refractivity contribution >= 4 is 17.5 Å². The van der Waals surface area contributed by atoms with Crippen molar-refractivity contribution in [2.45, 2.75) is 6.04 Å². The van der Waals surface area contributed by atoms with Crippen LogP contribution in [0.2, 0.25) is 0 Å². The van der Waals surface area contributed by atoms with E-state index in [2.05, 4.69) is 0 Å². The predicted molar refractivity (Wildman–Crippen MR) is 70.9 cm³/mol. The maximum atomic E-state index is 10.9. The molecule has 1 saturated heterocycles. The molecule has 8 nitrogen and oxygen atoms in total. The van der Waals surface area contributed by atoms with Crippen LogP contribution in [0.25, 0.3) is 0 Å². The molecule has 0 saturated carbocycles. The molecule has 2 rings (SSSR count). The Morgan fingerprint density at radius 2 is 2.00 bits per heavy atom. The van der Waals surface area contributed by atoms with Gasteiger partial charge >= 0.3 is 6.09 Å². The third kappa shape index (κ3) is 2.80. The van der Waals surface area contributed by atoms with E-state index in [9.17, 15) is 20.0 Å². The Hall–Kier alpha value is -2.35. The third-order valence-electron chi connectivity index (χ3n) is 3.36. The molecule has 1 aliphatic heterocycles. The van der Waals surface area contributed by atoms with Gasteiger partial charge in [0.2, 0.25) is 0 Å². The molecule has 1 unspecified atom stereocenters. The monoisotopic (exact) mass is 281 g/mol. The SMILES string of the molecule is O=C(O)N1CCN(c2ccc([N+](=O)[O-])cc2)C(CO)C1. The van der Waals surface area contributed by atoms with Crippen molar-refractivity contribution < 1.29 is 19.9 Å². The highest BCUT2D eigenvalue weighted by atomic mass is 16.6. The van der Waals surface area contributed by atoms with Crippen molar-refractivity contribution in [1.82, 2.24) is 4.90 Å². The van der Waals surface area contributed by atoms with Crippen LogP contribution in [0, 0.1) is 10.1 Å². The normalized spacial score (nSPS) is 18.9. The second-order valence-corrected chi connectivity index (χ2v) is 4.53. The minimum atomic E-state index is -1.01. The maximum absolute atomic E-state index is 10.9. The molecule has 2 N–H and O–H groups in total. The lowest BCUT2D eigenvalue weighted by molar-refractivity contribution is -0.384. The minimum Gasteiger partial charge on any atom is -0.465 e. The van der Waals surface area contributed by atoms with Gasteiger partial charge in [-0.3, -0.25) is 10.1 Å². The molecule has 8 heteroatoms. The van der Waals surface area contributed by atoms with Crippen LogP contribution < -0.4 is 4.90 Å². The summed E-state index contributed by atoms with van der Waals surface area (Å²) in [6.07, 6.45) is -1.01. The summed E-state index contributed by atoms with van der Waals surface area (Å²) in [5, 5.41) is 29.0. The second-order valence-electron chi connectivity index (χ2n) is 4.53. The van der Waals surface area contributed by atoms with Crippen LogP contribution in [0.5, 0.6) is 0 Å². The zero-order chi connectivity index (χ0) is 14.7. The molecule has 1 amide bonds. The highest BCUT2D eigenvalue weighted by Crippen LogP contribution is 2.23. The van der Waals surface area contributed by atoms with Crippen LogP contribution in [0.15, 0.2) is 24.3 Å². The summed E-state index contributed by atoms with van der Waals surface area (Å²) in [6, 6.07) is 5.66. The van der Waals surface area contributed by atoms with Gasteiger partial charge in [0.25, 0.3) is 5.69 Å². The van der Waals surface area contributed by atoms with E-state index in [1.807, 2.05) is 4.90 Å². The fraction of sp³-hybridized carbons (Fsp3) is 0.417. The van der Waals surface area contributed by atoms with Crippen LogP contribution in [0.1, 0.15) is 0 Å². The Morgan fingerprint density at radius 3 is 2.50 bits per heavy atom. The number of hydrogen-bond donors (Lipinski definition) is 2. The quantitative estimate of drug-likeness (QED) is 0.625. The summed E-state index contributed by atoms with van der Waals surface area (Å²) in [5.74, 6) is 0. The fourth-order valence-corrected chi connectivity index (χ4v) is 2.29. The second kappa shape index (κ2) is 5.74. The van der Waals surface area contributed by atoms with E-state index in [4.69, 9.17) is 5.11 Å². The molecule has 0 radical (unpaired) electrons. The Balaban J connectivity index is 2.15. The molecule has 108 valence electrons. The molecule has 0 aromatic heterocycles. The van der Waals surface area contributed by atoms with Gasteiger partial charge in [0.1, 0.15) is 0 Å². The van der Waals surface area contributed by atoms with Crippen molar-refractivity contribution in [3.63, 3.8) is 0 Å². The van der Waals surface area contributed by atoms with Gasteiger partial charge in [-0.15, -0.1) is 0 Å². The highest BCUT2D eigenvalue weighted by Gasteiger charge is 2.29. The van der Waals surface area contributed by atoms with Crippen molar-refractivity contribution in [2.75, 3.05) is 31.1 Å². The average molecular weight is 281 g/mol. The summed E-state index contributed by atoms with van der Waals surface area (Å²) < 4.78 is 0. The smallest absolute Gasteiger partial charge is 0.407 e. The fourth-order valence-electron chi connectivity index (χ4n) is 2.29. The summed E-state index contributed by atoms with van der Waals surface area (Å²) >= 11 is 0. The zero-order valence-corrected chi connectivity index (χ0v) is 10.7. The number of nitrogens with zero attached hydrogens (tertiary/aromatic N) is 3. The molecule has 0 bridgehead atoms. The van der Waals surface area contributed by atoms with Gasteiger partial charge < -0.3 is 20.0 Å². The van der Waals surface area contributed by atoms with Crippen molar-refractivity contribution in [3.05, 3.63) is 34.4 Å². The summed E-state index contributed by atoms with van der Waals surface area (Å²) in [4.78, 5) is 24.2. The van der Waals surface area contributed by atoms with Crippen molar-refractivity contribution in [3.8, 4) is 0 Å². The van der Waals surface area contributed by atoms with Gasteiger partial charge in [0.05, 0.1) is 17.6 Å². The predicted octanol–water partition coefficient (Wildman–Crippen LogP) is 0.756. The first-order valence-electron chi connectivity index (χ1n) is 6.12. The number of nitro groups is 1. The number of piperazine rings is 1. The lowest BCUT2D eigenvalue weighted by atomic mass is 10.1. The molecule has 0 aliphatic carbocycles. The van der Waals surface area contributed by atoms with Crippen molar-refractivity contribution in [1.29, 1.82) is 0 Å². The molecule has 1 aliphatic rings. The Labute approximate surface area is 115 Å². The van der Waals surface area contributed by atoms with Gasteiger partial charge in [-0.25, -0.2) is 4.79 Å². The van der Waals surface area contributed by atoms with Gasteiger partial charge in [-0.05, 0) is 12.1 Å². The number of carbonyl (C=O) groups is 1. The molecular weight excluding hydrogens is 266 g/mol. The summed E-state index contributed by atoms with van der Waals surface area (Å²) in [5.41, 5.74) is 0.734. The van der Waals surface area contributed by atoms with E-state index < -0.39 is 11.0 Å². The summed E-state index contributed by atoms with van der Waals surface area (Å²) in [6.45, 7) is 0.807. The lowest BCUT2D eigenvalue weighted by Crippen LogP contribution is -2.56. The number of aliphatic hydroxyl groups is 1. The van der Waals surface area contributed by atoms with Crippen LogP contribution in [-0.4, -0.2) is 58.4 Å². The standard InChI is InChI=1S/C12H15N3O5/c16-8-11-7-13(12(17)18)5-6-14(11)9-1-3-10(4-2-9)15(19)20/h1-4,11,16H,5-8H2,(H,17,18). The minimum absolute atomic E-state index is 0.00142. The van der Waals surface area contributed by atoms with E-state index >= 15 is 0 Å². The lowest BCUT2D eigenvalue weighted by Gasteiger charge is -2.40. The molecule has 1 aromatic rings. The number of amides is 1. The van der Waals surface area contributed by atoms with E-state index in [-0.39, 0.29) is 24.9 Å². The highest BCUT2D eigenvalue weighted by molar-refractivity contribution is 5.66. The van der Waals surface area contributed by atoms with Crippen LogP contribution in [0.4, 0.5) is 16.2 Å². The van der Waals surface area contributed by atoms with E-state index in [1.54, 1.807) is 12.1 Å². The number of carboxylic acid groups (broad SMARTS) is 1. The number of hydrogen-bond acceptors (Lipinski definition) is 5. The number of rotatable bonds is 3. The molecular formula is C12H15N3O5. The molecule has 1 fully saturated rings. The van der Waals surface area contributed by atoms with Gasteiger partial charge in [-0.2, -0.15) is 0 Å². The number of aliphatic hydroxyl groups excluding tert-OH is 1. The number of benzene rings is 1. The Bertz CT molecular complexity index is 504. The maximum Gasteiger partial charge on any atom is 0.407 e. The first-order valence-corrected chi connectivity index (χ1v) is 6.12. The summed E-state index contributed by atoms with van der Waals surface area (Å²) in [7, 11) is 0. The molecule has 1 aromatic carbocycles. The Kier molecular flexibility index (Phi) is 4.04. The number of anilines is 1. The van der Waals surface area contributed by atoms with E-state index in [0.29, 0.717) is 13.1 Å². The number of nitro benzene ring substituents is 1. The van der Waals surface area contributed by atoms with Crippen LogP contribution in [-0.2, 0) is 0 Å². The number of non-ortho nitro benzene ring substituents is 1. The van der Waals surface area contributed by atoms with E-state index in [0.717, 1.165) is 5.69 Å². The van der Waals surface area contributed by atoms with Crippen LogP contribution >= 0.6 is 0 Å². The Morgan fingerprint density at radius 1 is 1.35 bits per heavy atom.